The number of carbonyl (C=O) groups excluding carboxylic acids is 1. The summed E-state index contributed by atoms with van der Waals surface area (Å²) >= 11 is 0. The summed E-state index contributed by atoms with van der Waals surface area (Å²) in [6, 6.07) is 1.88. The van der Waals surface area contributed by atoms with Crippen LogP contribution in [0.4, 0.5) is 25.0 Å². The minimum atomic E-state index is -0.998. The van der Waals surface area contributed by atoms with Crippen LogP contribution < -0.4 is 10.6 Å². The zero-order valence-electron chi connectivity index (χ0n) is 11.1. The van der Waals surface area contributed by atoms with Gasteiger partial charge in [-0.05, 0) is 12.8 Å². The standard InChI is InChI=1S/C14H14F2N4O/c15-10-7-12(18-9-1-2-9)13(8-11(10)16)19-14(21)20-5-3-17-4-6-20/h3-5,7-9,18H,1-2,6H2,(H,19,21). The second-order valence-electron chi connectivity index (χ2n) is 4.94. The molecule has 7 heteroatoms. The lowest BCUT2D eigenvalue weighted by Crippen LogP contribution is -2.33. The molecule has 0 unspecified atom stereocenters. The van der Waals surface area contributed by atoms with Gasteiger partial charge in [-0.25, -0.2) is 13.6 Å². The van der Waals surface area contributed by atoms with Gasteiger partial charge in [0.1, 0.15) is 0 Å². The smallest absolute Gasteiger partial charge is 0.326 e. The first-order valence-corrected chi connectivity index (χ1v) is 6.65. The number of rotatable bonds is 3. The van der Waals surface area contributed by atoms with Crippen LogP contribution in [0.1, 0.15) is 12.8 Å². The van der Waals surface area contributed by atoms with Gasteiger partial charge in [-0.1, -0.05) is 0 Å². The summed E-state index contributed by atoms with van der Waals surface area (Å²) in [6.07, 6.45) is 6.55. The first-order valence-electron chi connectivity index (χ1n) is 6.65. The molecule has 1 fully saturated rings. The summed E-state index contributed by atoms with van der Waals surface area (Å²) in [5, 5.41) is 5.66. The van der Waals surface area contributed by atoms with Crippen LogP contribution in [0.25, 0.3) is 0 Å². The van der Waals surface area contributed by atoms with E-state index in [1.165, 1.54) is 17.3 Å². The Kier molecular flexibility index (Phi) is 3.55. The largest absolute Gasteiger partial charge is 0.381 e. The molecule has 1 aliphatic heterocycles. The Labute approximate surface area is 120 Å². The van der Waals surface area contributed by atoms with E-state index in [9.17, 15) is 13.6 Å². The molecule has 0 radical (unpaired) electrons. The molecule has 3 rings (SSSR count). The van der Waals surface area contributed by atoms with Gasteiger partial charge in [0.15, 0.2) is 11.6 Å². The van der Waals surface area contributed by atoms with E-state index in [1.807, 2.05) is 0 Å². The first-order chi connectivity index (χ1) is 10.1. The number of urea groups is 1. The average molecular weight is 292 g/mol. The Bertz CT molecular complexity index is 626. The van der Waals surface area contributed by atoms with Crippen molar-refractivity contribution in [2.45, 2.75) is 18.9 Å². The van der Waals surface area contributed by atoms with Gasteiger partial charge in [0.2, 0.25) is 0 Å². The third kappa shape index (κ3) is 3.18. The van der Waals surface area contributed by atoms with Crippen LogP contribution in [0.2, 0.25) is 0 Å². The molecule has 0 spiro atoms. The third-order valence-electron chi connectivity index (χ3n) is 3.22. The lowest BCUT2D eigenvalue weighted by molar-refractivity contribution is 0.232. The minimum Gasteiger partial charge on any atom is -0.381 e. The van der Waals surface area contributed by atoms with Crippen LogP contribution in [-0.2, 0) is 0 Å². The predicted octanol–water partition coefficient (Wildman–Crippen LogP) is 2.93. The molecule has 2 N–H and O–H groups in total. The van der Waals surface area contributed by atoms with E-state index in [4.69, 9.17) is 0 Å². The second kappa shape index (κ2) is 5.51. The zero-order valence-corrected chi connectivity index (χ0v) is 11.1. The second-order valence-corrected chi connectivity index (χ2v) is 4.94. The van der Waals surface area contributed by atoms with Crippen molar-refractivity contribution in [2.75, 3.05) is 17.2 Å². The number of hydrogen-bond donors (Lipinski definition) is 2. The third-order valence-corrected chi connectivity index (χ3v) is 3.22. The average Bonchev–Trinajstić information content (AvgIpc) is 3.29. The Hall–Kier alpha value is -2.44. The maximum Gasteiger partial charge on any atom is 0.326 e. The molecule has 1 aliphatic carbocycles. The summed E-state index contributed by atoms with van der Waals surface area (Å²) in [7, 11) is 0. The lowest BCUT2D eigenvalue weighted by atomic mass is 10.2. The molecule has 2 aliphatic rings. The van der Waals surface area contributed by atoms with Gasteiger partial charge in [-0.2, -0.15) is 0 Å². The fraction of sp³-hybridized carbons (Fsp3) is 0.286. The van der Waals surface area contributed by atoms with E-state index in [2.05, 4.69) is 15.6 Å². The molecule has 0 atom stereocenters. The van der Waals surface area contributed by atoms with E-state index < -0.39 is 17.7 Å². The fourth-order valence-corrected chi connectivity index (χ4v) is 1.93. The number of amides is 2. The highest BCUT2D eigenvalue weighted by Gasteiger charge is 2.24. The summed E-state index contributed by atoms with van der Waals surface area (Å²) in [6.45, 7) is 0.331. The van der Waals surface area contributed by atoms with Crippen LogP contribution >= 0.6 is 0 Å². The molecule has 1 aromatic rings. The SMILES string of the molecule is O=C(Nc1cc(F)c(F)cc1NC1CC1)N1C=CN=CC1. The zero-order chi connectivity index (χ0) is 14.8. The number of carbonyl (C=O) groups is 1. The van der Waals surface area contributed by atoms with Crippen LogP contribution in [-0.4, -0.2) is 29.7 Å². The van der Waals surface area contributed by atoms with Crippen molar-refractivity contribution >= 4 is 23.6 Å². The van der Waals surface area contributed by atoms with Crippen LogP contribution in [0, 0.1) is 11.6 Å². The van der Waals surface area contributed by atoms with E-state index >= 15 is 0 Å². The summed E-state index contributed by atoms with van der Waals surface area (Å²) in [5.41, 5.74) is 0.612. The monoisotopic (exact) mass is 292 g/mol. The number of halogens is 2. The number of benzene rings is 1. The highest BCUT2D eigenvalue weighted by Crippen LogP contribution is 2.31. The van der Waals surface area contributed by atoms with E-state index in [0.717, 1.165) is 25.0 Å². The maximum atomic E-state index is 13.4. The molecule has 0 saturated heterocycles. The van der Waals surface area contributed by atoms with Gasteiger partial charge < -0.3 is 10.6 Å². The molecule has 0 bridgehead atoms. The van der Waals surface area contributed by atoms with Crippen molar-refractivity contribution in [1.29, 1.82) is 0 Å². The quantitative estimate of drug-likeness (QED) is 0.900. The molecule has 1 heterocycles. The number of aliphatic imine (C=N–C) groups is 1. The fourth-order valence-electron chi connectivity index (χ4n) is 1.93. The summed E-state index contributed by atoms with van der Waals surface area (Å²) in [5.74, 6) is -1.94. The molecule has 2 amide bonds. The molecular weight excluding hydrogens is 278 g/mol. The minimum absolute atomic E-state index is 0.224. The van der Waals surface area contributed by atoms with Gasteiger partial charge in [0.25, 0.3) is 0 Å². The number of anilines is 2. The molecule has 0 aromatic heterocycles. The first kappa shape index (κ1) is 13.5. The van der Waals surface area contributed by atoms with E-state index in [0.29, 0.717) is 12.2 Å². The Balaban J connectivity index is 1.79. The van der Waals surface area contributed by atoms with Crippen molar-refractivity contribution in [3.05, 3.63) is 36.2 Å². The van der Waals surface area contributed by atoms with E-state index in [-0.39, 0.29) is 11.7 Å². The normalized spacial score (nSPS) is 17.0. The number of nitrogens with one attached hydrogen (secondary N) is 2. The number of hydrogen-bond acceptors (Lipinski definition) is 3. The summed E-state index contributed by atoms with van der Waals surface area (Å²) < 4.78 is 26.8. The van der Waals surface area contributed by atoms with Crippen molar-refractivity contribution in [3.63, 3.8) is 0 Å². The predicted molar refractivity (Wildman–Crippen MR) is 76.4 cm³/mol. The molecule has 5 nitrogen and oxygen atoms in total. The molecule has 1 saturated carbocycles. The lowest BCUT2D eigenvalue weighted by Gasteiger charge is -2.20. The van der Waals surface area contributed by atoms with Gasteiger partial charge in [-0.3, -0.25) is 9.89 Å². The van der Waals surface area contributed by atoms with Gasteiger partial charge in [-0.15, -0.1) is 0 Å². The molecule has 1 aromatic carbocycles. The maximum absolute atomic E-state index is 13.4. The Morgan fingerprint density at radius 3 is 2.57 bits per heavy atom. The number of nitrogens with zero attached hydrogens (tertiary/aromatic N) is 2. The highest BCUT2D eigenvalue weighted by molar-refractivity contribution is 5.95. The molecule has 21 heavy (non-hydrogen) atoms. The van der Waals surface area contributed by atoms with Crippen molar-refractivity contribution in [1.82, 2.24) is 4.90 Å². The van der Waals surface area contributed by atoms with E-state index in [1.54, 1.807) is 6.21 Å². The molecular formula is C14H14F2N4O. The highest BCUT2D eigenvalue weighted by atomic mass is 19.2. The topological polar surface area (TPSA) is 56.7 Å². The van der Waals surface area contributed by atoms with Crippen molar-refractivity contribution in [2.24, 2.45) is 4.99 Å². The van der Waals surface area contributed by atoms with Gasteiger partial charge in [0.05, 0.1) is 17.9 Å². The Morgan fingerprint density at radius 2 is 1.95 bits per heavy atom. The van der Waals surface area contributed by atoms with Crippen LogP contribution in [0.3, 0.4) is 0 Å². The van der Waals surface area contributed by atoms with Crippen LogP contribution in [0.5, 0.6) is 0 Å². The summed E-state index contributed by atoms with van der Waals surface area (Å²) in [4.78, 5) is 17.3. The van der Waals surface area contributed by atoms with Crippen molar-refractivity contribution < 1.29 is 13.6 Å². The molecule has 110 valence electrons. The van der Waals surface area contributed by atoms with Gasteiger partial charge in [0, 0.05) is 36.8 Å². The van der Waals surface area contributed by atoms with Crippen LogP contribution in [0.15, 0.2) is 29.5 Å². The van der Waals surface area contributed by atoms with Gasteiger partial charge >= 0.3 is 6.03 Å². The Morgan fingerprint density at radius 1 is 1.24 bits per heavy atom. The van der Waals surface area contributed by atoms with Crippen molar-refractivity contribution in [3.8, 4) is 0 Å².